The van der Waals surface area contributed by atoms with E-state index in [4.69, 9.17) is 23.8 Å². The Kier molecular flexibility index (Phi) is 6.68. The maximum atomic E-state index is 6.20. The molecule has 0 radical (unpaired) electrons. The van der Waals surface area contributed by atoms with E-state index in [1.165, 1.54) is 12.0 Å². The largest absolute Gasteiger partial charge is 0.332 e. The first-order chi connectivity index (χ1) is 10.6. The Labute approximate surface area is 150 Å². The minimum atomic E-state index is 0.535. The molecule has 0 aliphatic carbocycles. The van der Waals surface area contributed by atoms with Crippen molar-refractivity contribution in [1.82, 2.24) is 0 Å². The van der Waals surface area contributed by atoms with Crippen LogP contribution in [0.5, 0.6) is 0 Å². The molecule has 0 bridgehead atoms. The van der Waals surface area contributed by atoms with Gasteiger partial charge in [0.05, 0.1) is 10.7 Å². The van der Waals surface area contributed by atoms with Gasteiger partial charge in [0.1, 0.15) is 0 Å². The molecule has 0 fully saturated rings. The van der Waals surface area contributed by atoms with Gasteiger partial charge in [0.15, 0.2) is 5.11 Å². The predicted octanol–water partition coefficient (Wildman–Crippen LogP) is 6.25. The van der Waals surface area contributed by atoms with Gasteiger partial charge < -0.3 is 10.6 Å². The zero-order valence-electron chi connectivity index (χ0n) is 12.3. The number of para-hydroxylation sites is 1. The molecule has 0 amide bonds. The Morgan fingerprint density at radius 3 is 2.59 bits per heavy atom. The Morgan fingerprint density at radius 1 is 1.14 bits per heavy atom. The number of halogens is 2. The van der Waals surface area contributed by atoms with Gasteiger partial charge in [-0.1, -0.05) is 59.1 Å². The third kappa shape index (κ3) is 4.97. The number of aryl methyl sites for hydroxylation is 1. The van der Waals surface area contributed by atoms with Crippen LogP contribution >= 0.6 is 39.7 Å². The summed E-state index contributed by atoms with van der Waals surface area (Å²) < 4.78 is 0.937. The van der Waals surface area contributed by atoms with Crippen LogP contribution < -0.4 is 10.6 Å². The molecule has 0 aliphatic heterocycles. The van der Waals surface area contributed by atoms with Crippen molar-refractivity contribution < 1.29 is 0 Å². The molecular formula is C17H18BrClN2S. The number of benzene rings is 2. The first-order valence-corrected chi connectivity index (χ1v) is 8.79. The first-order valence-electron chi connectivity index (χ1n) is 7.21. The second-order valence-corrected chi connectivity index (χ2v) is 6.70. The van der Waals surface area contributed by atoms with Gasteiger partial charge in [-0.2, -0.15) is 0 Å². The summed E-state index contributed by atoms with van der Waals surface area (Å²) in [6.45, 7) is 2.19. The number of anilines is 2. The molecule has 2 N–H and O–H groups in total. The lowest BCUT2D eigenvalue weighted by Crippen LogP contribution is -2.20. The zero-order chi connectivity index (χ0) is 15.9. The molecule has 0 aromatic heterocycles. The van der Waals surface area contributed by atoms with E-state index in [1.54, 1.807) is 0 Å². The Morgan fingerprint density at radius 2 is 1.86 bits per heavy atom. The highest BCUT2D eigenvalue weighted by molar-refractivity contribution is 9.10. The molecule has 116 valence electrons. The topological polar surface area (TPSA) is 24.1 Å². The summed E-state index contributed by atoms with van der Waals surface area (Å²) in [5.74, 6) is 0. The maximum absolute atomic E-state index is 6.20. The Bertz CT molecular complexity index is 661. The number of thiocarbonyl (C=S) groups is 1. The smallest absolute Gasteiger partial charge is 0.175 e. The van der Waals surface area contributed by atoms with E-state index in [0.29, 0.717) is 10.1 Å². The summed E-state index contributed by atoms with van der Waals surface area (Å²) in [5, 5.41) is 7.55. The molecule has 0 heterocycles. The van der Waals surface area contributed by atoms with E-state index in [0.717, 1.165) is 28.7 Å². The van der Waals surface area contributed by atoms with Crippen LogP contribution in [0.1, 0.15) is 25.3 Å². The molecule has 2 aromatic carbocycles. The zero-order valence-corrected chi connectivity index (χ0v) is 15.5. The number of hydrogen-bond donors (Lipinski definition) is 2. The standard InChI is InChI=1S/C17H18BrClN2S/c1-2-3-6-12-7-4-5-8-15(12)20-17(22)21-16-10-9-13(18)11-14(16)19/h4-5,7-11H,2-3,6H2,1H3,(H2,20,21,22). The Hall–Kier alpha value is -1.10. The predicted molar refractivity (Wildman–Crippen MR) is 104 cm³/mol. The molecule has 5 heteroatoms. The van der Waals surface area contributed by atoms with Crippen LogP contribution in [0.25, 0.3) is 0 Å². The quantitative estimate of drug-likeness (QED) is 0.583. The summed E-state index contributed by atoms with van der Waals surface area (Å²) in [4.78, 5) is 0. The molecule has 0 spiro atoms. The highest BCUT2D eigenvalue weighted by atomic mass is 79.9. The Balaban J connectivity index is 2.06. The van der Waals surface area contributed by atoms with E-state index in [2.05, 4.69) is 45.6 Å². The lowest BCUT2D eigenvalue weighted by molar-refractivity contribution is 0.796. The highest BCUT2D eigenvalue weighted by Gasteiger charge is 2.06. The summed E-state index contributed by atoms with van der Waals surface area (Å²) >= 11 is 15.0. The van der Waals surface area contributed by atoms with Crippen molar-refractivity contribution in [3.8, 4) is 0 Å². The van der Waals surface area contributed by atoms with Crippen molar-refractivity contribution >= 4 is 56.2 Å². The van der Waals surface area contributed by atoms with Crippen LogP contribution in [-0.4, -0.2) is 5.11 Å². The fourth-order valence-corrected chi connectivity index (χ4v) is 3.03. The molecule has 0 aliphatic rings. The van der Waals surface area contributed by atoms with Gasteiger partial charge in [-0.15, -0.1) is 0 Å². The SMILES string of the molecule is CCCCc1ccccc1NC(=S)Nc1ccc(Br)cc1Cl. The minimum absolute atomic E-state index is 0.535. The monoisotopic (exact) mass is 396 g/mol. The summed E-state index contributed by atoms with van der Waals surface area (Å²) in [5.41, 5.74) is 3.10. The fraction of sp³-hybridized carbons (Fsp3) is 0.235. The van der Waals surface area contributed by atoms with Crippen molar-refractivity contribution in [2.75, 3.05) is 10.6 Å². The van der Waals surface area contributed by atoms with Crippen molar-refractivity contribution in [3.63, 3.8) is 0 Å². The van der Waals surface area contributed by atoms with E-state index in [1.807, 2.05) is 30.3 Å². The van der Waals surface area contributed by atoms with Crippen LogP contribution in [0, 0.1) is 0 Å². The second kappa shape index (κ2) is 8.51. The van der Waals surface area contributed by atoms with E-state index in [9.17, 15) is 0 Å². The molecule has 22 heavy (non-hydrogen) atoms. The van der Waals surface area contributed by atoms with Gasteiger partial charge in [-0.05, 0) is 54.9 Å². The van der Waals surface area contributed by atoms with Gasteiger partial charge in [0, 0.05) is 10.2 Å². The molecule has 2 rings (SSSR count). The van der Waals surface area contributed by atoms with Gasteiger partial charge >= 0.3 is 0 Å². The number of unbranched alkanes of at least 4 members (excludes halogenated alkanes) is 1. The summed E-state index contributed by atoms with van der Waals surface area (Å²) in [6.07, 6.45) is 3.38. The molecule has 0 saturated carbocycles. The summed E-state index contributed by atoms with van der Waals surface area (Å²) in [6, 6.07) is 13.9. The number of hydrogen-bond acceptors (Lipinski definition) is 1. The van der Waals surface area contributed by atoms with E-state index < -0.39 is 0 Å². The molecule has 0 saturated heterocycles. The third-order valence-corrected chi connectivity index (χ3v) is 4.25. The average molecular weight is 398 g/mol. The molecular weight excluding hydrogens is 380 g/mol. The normalized spacial score (nSPS) is 10.3. The van der Waals surface area contributed by atoms with Crippen molar-refractivity contribution in [2.24, 2.45) is 0 Å². The molecule has 2 nitrogen and oxygen atoms in total. The molecule has 0 atom stereocenters. The number of nitrogens with one attached hydrogen (secondary N) is 2. The van der Waals surface area contributed by atoms with Crippen LogP contribution in [-0.2, 0) is 6.42 Å². The molecule has 2 aromatic rings. The van der Waals surface area contributed by atoms with Crippen molar-refractivity contribution in [1.29, 1.82) is 0 Å². The van der Waals surface area contributed by atoms with E-state index >= 15 is 0 Å². The maximum Gasteiger partial charge on any atom is 0.175 e. The number of rotatable bonds is 5. The van der Waals surface area contributed by atoms with Crippen LogP contribution in [0.15, 0.2) is 46.9 Å². The van der Waals surface area contributed by atoms with Gasteiger partial charge in [-0.25, -0.2) is 0 Å². The van der Waals surface area contributed by atoms with Crippen LogP contribution in [0.2, 0.25) is 5.02 Å². The second-order valence-electron chi connectivity index (χ2n) is 4.96. The van der Waals surface area contributed by atoms with Crippen LogP contribution in [0.3, 0.4) is 0 Å². The summed E-state index contributed by atoms with van der Waals surface area (Å²) in [7, 11) is 0. The lowest BCUT2D eigenvalue weighted by Gasteiger charge is -2.15. The van der Waals surface area contributed by atoms with Crippen LogP contribution in [0.4, 0.5) is 11.4 Å². The average Bonchev–Trinajstić information content (AvgIpc) is 2.49. The third-order valence-electron chi connectivity index (χ3n) is 3.24. The fourth-order valence-electron chi connectivity index (χ4n) is 2.09. The van der Waals surface area contributed by atoms with Gasteiger partial charge in [0.25, 0.3) is 0 Å². The van der Waals surface area contributed by atoms with Crippen molar-refractivity contribution in [2.45, 2.75) is 26.2 Å². The molecule has 0 unspecified atom stereocenters. The van der Waals surface area contributed by atoms with Gasteiger partial charge in [0.2, 0.25) is 0 Å². The van der Waals surface area contributed by atoms with Gasteiger partial charge in [-0.3, -0.25) is 0 Å². The highest BCUT2D eigenvalue weighted by Crippen LogP contribution is 2.26. The van der Waals surface area contributed by atoms with Crippen molar-refractivity contribution in [3.05, 3.63) is 57.5 Å². The first kappa shape index (κ1) is 17.3. The van der Waals surface area contributed by atoms with E-state index in [-0.39, 0.29) is 0 Å². The minimum Gasteiger partial charge on any atom is -0.332 e. The lowest BCUT2D eigenvalue weighted by atomic mass is 10.1.